The zero-order valence-electron chi connectivity index (χ0n) is 47.3. The summed E-state index contributed by atoms with van der Waals surface area (Å²) in [7, 11) is 7.58. The minimum atomic E-state index is -2.88. The Morgan fingerprint density at radius 2 is 0.658 bits per heavy atom. The van der Waals surface area contributed by atoms with Gasteiger partial charge in [-0.15, -0.1) is 0 Å². The van der Waals surface area contributed by atoms with Gasteiger partial charge in [0.25, 0.3) is 0 Å². The third-order valence-electron chi connectivity index (χ3n) is 15.8. The Bertz CT molecular complexity index is 2980. The van der Waals surface area contributed by atoms with Gasteiger partial charge >= 0.3 is 453 Å². The molecule has 374 valence electrons. The van der Waals surface area contributed by atoms with E-state index in [9.17, 15) is 0 Å². The summed E-state index contributed by atoms with van der Waals surface area (Å²) in [6, 6.07) is 51.7. The molecule has 0 bridgehead atoms. The molecule has 0 heterocycles. The average molecular weight is 1040 g/mol. The summed E-state index contributed by atoms with van der Waals surface area (Å²) >= 11 is -2.88. The van der Waals surface area contributed by atoms with Gasteiger partial charge in [0.2, 0.25) is 0 Å². The molecule has 0 saturated carbocycles. The van der Waals surface area contributed by atoms with Crippen molar-refractivity contribution in [3.05, 3.63) is 222 Å². The molecular weight excluding hydrogens is 957 g/mol. The third kappa shape index (κ3) is 10.7. The summed E-state index contributed by atoms with van der Waals surface area (Å²) < 4.78 is 2.95. The Balaban J connectivity index is 1.56. The maximum absolute atomic E-state index is 7.58. The second-order valence-corrected chi connectivity index (χ2v) is 29.0. The standard InChI is InChI=1S/C71H80GeS/c1-42(2)53-38-61(43(3)4)70(62(39-53)44(5)6)72(73)69-54(40-63-57(65-45(7)24-18-25-46(65)8)32-22-33-58(63)66-47(9)26-19-27-48(66)10)36-56(71(15,16)17)37-55(69)41-64-59(67-49(11)28-20-29-50(67)12)34-23-35-60(64)68-51(13)30-21-31-52(68)14/h18-39,42-44H,40-41H2,1-17H3. The molecule has 0 spiro atoms. The Kier molecular flexibility index (Phi) is 16.0. The average Bonchev–Trinajstić information content (AvgIpc) is 3.31. The molecule has 8 aromatic rings. The molecule has 0 saturated heterocycles. The molecule has 8 aromatic carbocycles. The summed E-state index contributed by atoms with van der Waals surface area (Å²) in [5, 5.41) is 0. The van der Waals surface area contributed by atoms with Gasteiger partial charge < -0.3 is 0 Å². The van der Waals surface area contributed by atoms with E-state index in [0.29, 0.717) is 17.8 Å². The van der Waals surface area contributed by atoms with E-state index in [1.54, 1.807) is 0 Å². The van der Waals surface area contributed by atoms with Gasteiger partial charge in [-0.1, -0.05) is 0 Å². The molecule has 2 heteroatoms. The van der Waals surface area contributed by atoms with Crippen molar-refractivity contribution in [3.63, 3.8) is 0 Å². The van der Waals surface area contributed by atoms with E-state index in [-0.39, 0.29) is 5.41 Å². The van der Waals surface area contributed by atoms with E-state index in [2.05, 4.69) is 251 Å². The van der Waals surface area contributed by atoms with Crippen molar-refractivity contribution in [1.29, 1.82) is 0 Å². The molecule has 0 aliphatic carbocycles. The van der Waals surface area contributed by atoms with Gasteiger partial charge in [-0.3, -0.25) is 0 Å². The predicted octanol–water partition coefficient (Wildman–Crippen LogP) is 19.0. The van der Waals surface area contributed by atoms with Crippen LogP contribution in [0.25, 0.3) is 44.5 Å². The van der Waals surface area contributed by atoms with Crippen molar-refractivity contribution in [2.75, 3.05) is 0 Å². The number of hydrogen-bond acceptors (Lipinski definition) is 1. The summed E-state index contributed by atoms with van der Waals surface area (Å²) in [6.45, 7) is 39.8. The normalized spacial score (nSPS) is 11.9. The second kappa shape index (κ2) is 21.8. The quantitative estimate of drug-likeness (QED) is 0.104. The van der Waals surface area contributed by atoms with Gasteiger partial charge in [-0.2, -0.15) is 0 Å². The van der Waals surface area contributed by atoms with Gasteiger partial charge in [-0.25, -0.2) is 0 Å². The first-order chi connectivity index (χ1) is 34.6. The minimum absolute atomic E-state index is 0.127. The monoisotopic (exact) mass is 1040 g/mol. The number of hydrogen-bond donors (Lipinski definition) is 0. The van der Waals surface area contributed by atoms with Crippen molar-refractivity contribution in [2.24, 2.45) is 0 Å². The van der Waals surface area contributed by atoms with Crippen molar-refractivity contribution in [3.8, 4) is 44.5 Å². The Hall–Kier alpha value is -5.48. The first-order valence-corrected chi connectivity index (χ1v) is 32.0. The number of aryl methyl sites for hydroxylation is 8. The van der Waals surface area contributed by atoms with Crippen LogP contribution in [0, 0.1) is 55.4 Å². The predicted molar refractivity (Wildman–Crippen MR) is 325 cm³/mol. The zero-order chi connectivity index (χ0) is 52.8. The van der Waals surface area contributed by atoms with Crippen LogP contribution < -0.4 is 8.79 Å². The summed E-state index contributed by atoms with van der Waals surface area (Å²) in [4.78, 5) is 0. The SMILES string of the molecule is Cc1cccc(C)c1-c1cccc(-c2c(C)cccc2C)c1Cc1cc(C(C)(C)C)cc(Cc2c(-c3c(C)cccc3C)cccc2-c2c(C)cccc2C)[c]1[Ge](=[S])[c]1c(C(C)C)cc(C(C)C)cc1C(C)C. The van der Waals surface area contributed by atoms with Crippen molar-refractivity contribution < 1.29 is 0 Å². The van der Waals surface area contributed by atoms with E-state index in [4.69, 9.17) is 10.5 Å². The molecular formula is C71H80GeS. The van der Waals surface area contributed by atoms with Gasteiger partial charge in [0.1, 0.15) is 0 Å². The molecule has 0 radical (unpaired) electrons. The van der Waals surface area contributed by atoms with Crippen molar-refractivity contribution >= 4 is 31.9 Å². The molecule has 0 amide bonds. The maximum atomic E-state index is 7.58. The van der Waals surface area contributed by atoms with Crippen LogP contribution in [0.2, 0.25) is 0 Å². The Labute approximate surface area is 449 Å². The van der Waals surface area contributed by atoms with Crippen molar-refractivity contribution in [1.82, 2.24) is 0 Å². The van der Waals surface area contributed by atoms with Crippen LogP contribution in [0.1, 0.15) is 169 Å². The van der Waals surface area contributed by atoms with Crippen LogP contribution in [0.3, 0.4) is 0 Å². The molecule has 8 rings (SSSR count). The van der Waals surface area contributed by atoms with E-state index >= 15 is 0 Å². The van der Waals surface area contributed by atoms with E-state index in [0.717, 1.165) is 12.8 Å². The first kappa shape index (κ1) is 53.8. The first-order valence-electron chi connectivity index (χ1n) is 27.0. The number of benzene rings is 8. The fraction of sp³-hybridized carbons (Fsp3) is 0.324. The van der Waals surface area contributed by atoms with Crippen LogP contribution in [-0.4, -0.2) is 12.7 Å². The molecule has 0 unspecified atom stereocenters. The topological polar surface area (TPSA) is 0 Å². The van der Waals surface area contributed by atoms with Crippen LogP contribution in [0.5, 0.6) is 0 Å². The van der Waals surface area contributed by atoms with Gasteiger partial charge in [0, 0.05) is 0 Å². The summed E-state index contributed by atoms with van der Waals surface area (Å²) in [5.41, 5.74) is 32.2. The zero-order valence-corrected chi connectivity index (χ0v) is 50.2. The summed E-state index contributed by atoms with van der Waals surface area (Å²) in [6.07, 6.45) is 1.54. The Morgan fingerprint density at radius 3 is 0.904 bits per heavy atom. The van der Waals surface area contributed by atoms with Gasteiger partial charge in [0.05, 0.1) is 0 Å². The molecule has 0 aliphatic heterocycles. The van der Waals surface area contributed by atoms with Gasteiger partial charge in [0.15, 0.2) is 0 Å². The second-order valence-electron chi connectivity index (χ2n) is 23.4. The molecule has 0 aliphatic rings. The van der Waals surface area contributed by atoms with E-state index < -0.39 is 12.7 Å². The van der Waals surface area contributed by atoms with Crippen LogP contribution >= 0.6 is 10.5 Å². The van der Waals surface area contributed by atoms with Crippen LogP contribution in [0.4, 0.5) is 0 Å². The van der Waals surface area contributed by atoms with Crippen molar-refractivity contribution in [2.45, 2.75) is 154 Å². The summed E-state index contributed by atoms with van der Waals surface area (Å²) in [5.74, 6) is 1.08. The Morgan fingerprint density at radius 1 is 0.384 bits per heavy atom. The van der Waals surface area contributed by atoms with Crippen LogP contribution in [-0.2, 0) is 18.3 Å². The molecule has 0 fully saturated rings. The van der Waals surface area contributed by atoms with Crippen LogP contribution in [0.15, 0.2) is 133 Å². The molecule has 73 heavy (non-hydrogen) atoms. The van der Waals surface area contributed by atoms with Gasteiger partial charge in [-0.05, 0) is 0 Å². The molecule has 0 nitrogen and oxygen atoms in total. The molecule has 0 aromatic heterocycles. The van der Waals surface area contributed by atoms with E-state index in [1.165, 1.54) is 142 Å². The third-order valence-corrected chi connectivity index (χ3v) is 22.4. The fourth-order valence-electron chi connectivity index (χ4n) is 11.9. The molecule has 0 N–H and O–H groups in total. The molecule has 0 atom stereocenters. The van der Waals surface area contributed by atoms with E-state index in [1.807, 2.05) is 0 Å². The fourth-order valence-corrected chi connectivity index (χ4v) is 19.6. The number of rotatable bonds is 13.